The predicted octanol–water partition coefficient (Wildman–Crippen LogP) is 0.750. The van der Waals surface area contributed by atoms with Crippen LogP contribution in [0, 0.1) is 0 Å². The normalized spacial score (nSPS) is 15.6. The van der Waals surface area contributed by atoms with Gasteiger partial charge in [0, 0.05) is 31.0 Å². The maximum Gasteiger partial charge on any atom is 0.271 e. The number of nitrogens with zero attached hydrogens (tertiary/aromatic N) is 2. The van der Waals surface area contributed by atoms with E-state index in [1.807, 2.05) is 41.9 Å². The van der Waals surface area contributed by atoms with Crippen LogP contribution < -0.4 is 5.32 Å². The zero-order valence-corrected chi connectivity index (χ0v) is 10.7. The van der Waals surface area contributed by atoms with Gasteiger partial charge in [0.2, 0.25) is 5.91 Å². The van der Waals surface area contributed by atoms with Crippen molar-refractivity contribution in [2.24, 2.45) is 7.05 Å². The van der Waals surface area contributed by atoms with Gasteiger partial charge in [-0.25, -0.2) is 0 Å². The van der Waals surface area contributed by atoms with Crippen LogP contribution in [-0.2, 0) is 11.8 Å². The highest BCUT2D eigenvalue weighted by Gasteiger charge is 2.24. The SMILES string of the molecule is Cn1c(C(=O)N2CCNC(=O)C2)cc2ccccc21. The van der Waals surface area contributed by atoms with Crippen LogP contribution >= 0.6 is 0 Å². The summed E-state index contributed by atoms with van der Waals surface area (Å²) in [5.74, 6) is -0.188. The molecule has 1 aromatic heterocycles. The summed E-state index contributed by atoms with van der Waals surface area (Å²) in [6.07, 6.45) is 0. The van der Waals surface area contributed by atoms with Gasteiger partial charge in [-0.2, -0.15) is 0 Å². The van der Waals surface area contributed by atoms with E-state index in [1.54, 1.807) is 4.90 Å². The lowest BCUT2D eigenvalue weighted by Gasteiger charge is -2.26. The molecule has 1 aliphatic heterocycles. The first-order valence-corrected chi connectivity index (χ1v) is 6.27. The minimum absolute atomic E-state index is 0.0893. The van der Waals surface area contributed by atoms with Crippen molar-refractivity contribution in [1.82, 2.24) is 14.8 Å². The smallest absolute Gasteiger partial charge is 0.271 e. The Morgan fingerprint density at radius 2 is 2.11 bits per heavy atom. The van der Waals surface area contributed by atoms with Crippen molar-refractivity contribution in [2.75, 3.05) is 19.6 Å². The molecule has 0 aliphatic carbocycles. The first kappa shape index (κ1) is 11.8. The van der Waals surface area contributed by atoms with Crippen molar-refractivity contribution >= 4 is 22.7 Å². The number of amides is 2. The average Bonchev–Trinajstić information content (AvgIpc) is 2.76. The summed E-state index contributed by atoms with van der Waals surface area (Å²) in [7, 11) is 1.87. The van der Waals surface area contributed by atoms with Crippen LogP contribution in [0.1, 0.15) is 10.5 Å². The second kappa shape index (κ2) is 4.42. The summed E-state index contributed by atoms with van der Waals surface area (Å²) in [4.78, 5) is 25.4. The van der Waals surface area contributed by atoms with Gasteiger partial charge >= 0.3 is 0 Å². The Balaban J connectivity index is 1.97. The number of fused-ring (bicyclic) bond motifs is 1. The van der Waals surface area contributed by atoms with E-state index in [4.69, 9.17) is 0 Å². The summed E-state index contributed by atoms with van der Waals surface area (Å²) in [5.41, 5.74) is 1.64. The number of rotatable bonds is 1. The molecule has 0 saturated carbocycles. The molecule has 0 spiro atoms. The highest BCUT2D eigenvalue weighted by atomic mass is 16.2. The summed E-state index contributed by atoms with van der Waals surface area (Å²) in [5, 5.41) is 3.76. The van der Waals surface area contributed by atoms with E-state index in [0.29, 0.717) is 18.8 Å². The molecule has 0 unspecified atom stereocenters. The lowest BCUT2D eigenvalue weighted by atomic mass is 10.2. The maximum absolute atomic E-state index is 12.5. The fourth-order valence-corrected chi connectivity index (χ4v) is 2.47. The molecule has 3 rings (SSSR count). The first-order valence-electron chi connectivity index (χ1n) is 6.27. The number of piperazine rings is 1. The lowest BCUT2D eigenvalue weighted by molar-refractivity contribution is -0.123. The van der Waals surface area contributed by atoms with Crippen LogP contribution in [0.5, 0.6) is 0 Å². The minimum Gasteiger partial charge on any atom is -0.353 e. The van der Waals surface area contributed by atoms with E-state index in [-0.39, 0.29) is 18.4 Å². The molecule has 5 heteroatoms. The zero-order valence-electron chi connectivity index (χ0n) is 10.7. The van der Waals surface area contributed by atoms with E-state index >= 15 is 0 Å². The van der Waals surface area contributed by atoms with E-state index < -0.39 is 0 Å². The van der Waals surface area contributed by atoms with E-state index in [9.17, 15) is 9.59 Å². The number of aromatic nitrogens is 1. The molecule has 1 N–H and O–H groups in total. The van der Waals surface area contributed by atoms with Crippen molar-refractivity contribution in [1.29, 1.82) is 0 Å². The summed E-state index contributed by atoms with van der Waals surface area (Å²) in [6.45, 7) is 1.22. The minimum atomic E-state index is -0.0987. The Morgan fingerprint density at radius 1 is 1.32 bits per heavy atom. The molecule has 98 valence electrons. The summed E-state index contributed by atoms with van der Waals surface area (Å²) < 4.78 is 1.88. The third-order valence-electron chi connectivity index (χ3n) is 3.50. The van der Waals surface area contributed by atoms with Gasteiger partial charge in [0.05, 0.1) is 6.54 Å². The average molecular weight is 257 g/mol. The fraction of sp³-hybridized carbons (Fsp3) is 0.286. The molecule has 0 bridgehead atoms. The third-order valence-corrected chi connectivity index (χ3v) is 3.50. The predicted molar refractivity (Wildman–Crippen MR) is 71.8 cm³/mol. The molecule has 2 amide bonds. The Labute approximate surface area is 110 Å². The van der Waals surface area contributed by atoms with Gasteiger partial charge in [-0.1, -0.05) is 18.2 Å². The van der Waals surface area contributed by atoms with Crippen molar-refractivity contribution < 1.29 is 9.59 Å². The molecule has 1 saturated heterocycles. The quantitative estimate of drug-likeness (QED) is 0.819. The van der Waals surface area contributed by atoms with Gasteiger partial charge in [0.15, 0.2) is 0 Å². The largest absolute Gasteiger partial charge is 0.353 e. The van der Waals surface area contributed by atoms with Gasteiger partial charge in [0.1, 0.15) is 5.69 Å². The van der Waals surface area contributed by atoms with Gasteiger partial charge < -0.3 is 14.8 Å². The number of hydrogen-bond acceptors (Lipinski definition) is 2. The number of aryl methyl sites for hydroxylation is 1. The van der Waals surface area contributed by atoms with Crippen molar-refractivity contribution in [2.45, 2.75) is 0 Å². The topological polar surface area (TPSA) is 54.3 Å². The number of para-hydroxylation sites is 1. The zero-order chi connectivity index (χ0) is 13.4. The fourth-order valence-electron chi connectivity index (χ4n) is 2.47. The van der Waals surface area contributed by atoms with Crippen molar-refractivity contribution in [3.8, 4) is 0 Å². The van der Waals surface area contributed by atoms with Crippen molar-refractivity contribution in [3.63, 3.8) is 0 Å². The molecule has 0 atom stereocenters. The maximum atomic E-state index is 12.5. The Hall–Kier alpha value is -2.30. The summed E-state index contributed by atoms with van der Waals surface area (Å²) in [6, 6.07) is 9.74. The van der Waals surface area contributed by atoms with Gasteiger partial charge in [-0.3, -0.25) is 9.59 Å². The lowest BCUT2D eigenvalue weighted by Crippen LogP contribution is -2.50. The van der Waals surface area contributed by atoms with Crippen LogP contribution in [0.3, 0.4) is 0 Å². The van der Waals surface area contributed by atoms with Crippen LogP contribution in [0.25, 0.3) is 10.9 Å². The van der Waals surface area contributed by atoms with Gasteiger partial charge in [-0.05, 0) is 12.1 Å². The number of hydrogen-bond donors (Lipinski definition) is 1. The Bertz CT molecular complexity index is 660. The monoisotopic (exact) mass is 257 g/mol. The Morgan fingerprint density at radius 3 is 2.84 bits per heavy atom. The molecular weight excluding hydrogens is 242 g/mol. The molecule has 2 aromatic rings. The summed E-state index contributed by atoms with van der Waals surface area (Å²) >= 11 is 0. The number of benzene rings is 1. The third kappa shape index (κ3) is 1.97. The second-order valence-corrected chi connectivity index (χ2v) is 4.72. The molecule has 1 aromatic carbocycles. The highest BCUT2D eigenvalue weighted by Crippen LogP contribution is 2.19. The van der Waals surface area contributed by atoms with Crippen LogP contribution in [-0.4, -0.2) is 40.9 Å². The van der Waals surface area contributed by atoms with E-state index in [1.165, 1.54) is 0 Å². The number of carbonyl (C=O) groups excluding carboxylic acids is 2. The number of carbonyl (C=O) groups is 2. The van der Waals surface area contributed by atoms with Gasteiger partial charge in [-0.15, -0.1) is 0 Å². The van der Waals surface area contributed by atoms with Crippen LogP contribution in [0.15, 0.2) is 30.3 Å². The van der Waals surface area contributed by atoms with Crippen molar-refractivity contribution in [3.05, 3.63) is 36.0 Å². The molecule has 2 heterocycles. The van der Waals surface area contributed by atoms with E-state index in [2.05, 4.69) is 5.32 Å². The molecular formula is C14H15N3O2. The first-order chi connectivity index (χ1) is 9.16. The molecule has 0 radical (unpaired) electrons. The van der Waals surface area contributed by atoms with Crippen LogP contribution in [0.2, 0.25) is 0 Å². The molecule has 5 nitrogen and oxygen atoms in total. The Kier molecular flexibility index (Phi) is 2.74. The molecule has 1 aliphatic rings. The highest BCUT2D eigenvalue weighted by molar-refractivity contribution is 6.00. The standard InChI is InChI=1S/C14H15N3O2/c1-16-11-5-3-2-4-10(11)8-12(16)14(19)17-7-6-15-13(18)9-17/h2-5,8H,6-7,9H2,1H3,(H,15,18). The van der Waals surface area contributed by atoms with E-state index in [0.717, 1.165) is 10.9 Å². The van der Waals surface area contributed by atoms with Gasteiger partial charge in [0.25, 0.3) is 5.91 Å². The van der Waals surface area contributed by atoms with Crippen LogP contribution in [0.4, 0.5) is 0 Å². The molecule has 1 fully saturated rings. The molecule has 19 heavy (non-hydrogen) atoms. The second-order valence-electron chi connectivity index (χ2n) is 4.72. The number of nitrogens with one attached hydrogen (secondary N) is 1.